The van der Waals surface area contributed by atoms with Gasteiger partial charge in [-0.05, 0) is 30.4 Å². The van der Waals surface area contributed by atoms with Gasteiger partial charge in [-0.1, -0.05) is 23.9 Å². The molecule has 3 aromatic rings. The van der Waals surface area contributed by atoms with Crippen molar-refractivity contribution in [1.82, 2.24) is 19.2 Å². The Hall–Kier alpha value is -2.53. The second kappa shape index (κ2) is 7.95. The van der Waals surface area contributed by atoms with Gasteiger partial charge in [-0.25, -0.2) is 0 Å². The van der Waals surface area contributed by atoms with E-state index in [1.54, 1.807) is 6.26 Å². The number of rotatable bonds is 4. The molecule has 0 N–H and O–H groups in total. The van der Waals surface area contributed by atoms with Crippen molar-refractivity contribution in [1.29, 1.82) is 0 Å². The molecule has 0 amide bonds. The van der Waals surface area contributed by atoms with Crippen LogP contribution in [0.3, 0.4) is 0 Å². The van der Waals surface area contributed by atoms with Gasteiger partial charge < -0.3 is 9.64 Å². The van der Waals surface area contributed by atoms with Crippen LogP contribution in [0.2, 0.25) is 0 Å². The number of morpholine rings is 1. The minimum absolute atomic E-state index is 0.0925. The molecule has 30 heavy (non-hydrogen) atoms. The normalized spacial score (nSPS) is 16.6. The molecule has 11 heteroatoms. The van der Waals surface area contributed by atoms with Crippen molar-refractivity contribution in [3.63, 3.8) is 0 Å². The lowest BCUT2D eigenvalue weighted by molar-refractivity contribution is -0.138. The third-order valence-corrected chi connectivity index (χ3v) is 5.46. The molecular formula is C19H20F3N5O2S. The Bertz CT molecular complexity index is 1220. The van der Waals surface area contributed by atoms with Gasteiger partial charge in [-0.2, -0.15) is 22.7 Å². The number of halogens is 3. The largest absolute Gasteiger partial charge is 0.416 e. The predicted molar refractivity (Wildman–Crippen MR) is 107 cm³/mol. The van der Waals surface area contributed by atoms with Crippen LogP contribution in [0.25, 0.3) is 5.78 Å². The van der Waals surface area contributed by atoms with Gasteiger partial charge in [-0.3, -0.25) is 9.36 Å². The summed E-state index contributed by atoms with van der Waals surface area (Å²) in [7, 11) is 0. The SMILES string of the molecule is [2H]C([2H])(c1cccc(C(F)(F)F)c1C)n1c(SC)nn2c(=O)cc(N3CCOCC3)nc12. The molecular weight excluding hydrogens is 419 g/mol. The Morgan fingerprint density at radius 2 is 2.03 bits per heavy atom. The quantitative estimate of drug-likeness (QED) is 0.581. The van der Waals surface area contributed by atoms with Crippen molar-refractivity contribution < 1.29 is 20.6 Å². The van der Waals surface area contributed by atoms with Crippen LogP contribution in [0.15, 0.2) is 34.2 Å². The molecule has 0 spiro atoms. The summed E-state index contributed by atoms with van der Waals surface area (Å²) < 4.78 is 65.3. The first-order chi connectivity index (χ1) is 15.1. The second-order valence-electron chi connectivity index (χ2n) is 6.67. The minimum Gasteiger partial charge on any atom is -0.378 e. The highest BCUT2D eigenvalue weighted by Crippen LogP contribution is 2.33. The van der Waals surface area contributed by atoms with Crippen LogP contribution in [0.4, 0.5) is 19.0 Å². The van der Waals surface area contributed by atoms with Crippen molar-refractivity contribution in [3.05, 3.63) is 51.3 Å². The first kappa shape index (κ1) is 18.3. The van der Waals surface area contributed by atoms with Gasteiger partial charge in [0.25, 0.3) is 5.56 Å². The van der Waals surface area contributed by atoms with E-state index in [1.165, 1.54) is 25.1 Å². The zero-order chi connectivity index (χ0) is 23.3. The summed E-state index contributed by atoms with van der Waals surface area (Å²) in [6, 6.07) is 4.69. The molecule has 7 nitrogen and oxygen atoms in total. The van der Waals surface area contributed by atoms with E-state index >= 15 is 0 Å². The average molecular weight is 441 g/mol. The molecule has 0 radical (unpaired) electrons. The van der Waals surface area contributed by atoms with Crippen molar-refractivity contribution in [2.45, 2.75) is 24.8 Å². The zero-order valence-corrected chi connectivity index (χ0v) is 17.0. The van der Waals surface area contributed by atoms with Crippen LogP contribution in [0.1, 0.15) is 19.4 Å². The lowest BCUT2D eigenvalue weighted by atomic mass is 10.0. The molecule has 2 aromatic heterocycles. The van der Waals surface area contributed by atoms with Crippen molar-refractivity contribution in [2.75, 3.05) is 37.5 Å². The Kier molecular flexibility index (Phi) is 4.84. The molecule has 0 unspecified atom stereocenters. The number of benzene rings is 1. The molecule has 0 saturated carbocycles. The molecule has 1 aliphatic rings. The minimum atomic E-state index is -4.63. The maximum atomic E-state index is 13.5. The number of nitrogens with zero attached hydrogens (tertiary/aromatic N) is 5. The summed E-state index contributed by atoms with van der Waals surface area (Å²) in [4.78, 5) is 19.1. The van der Waals surface area contributed by atoms with Crippen molar-refractivity contribution in [2.24, 2.45) is 0 Å². The summed E-state index contributed by atoms with van der Waals surface area (Å²) in [5.41, 5.74) is -1.86. The van der Waals surface area contributed by atoms with Gasteiger partial charge in [0.1, 0.15) is 5.82 Å². The topological polar surface area (TPSA) is 64.7 Å². The van der Waals surface area contributed by atoms with Gasteiger partial charge in [0.05, 0.1) is 28.0 Å². The van der Waals surface area contributed by atoms with Crippen LogP contribution in [0.5, 0.6) is 0 Å². The Morgan fingerprint density at radius 3 is 2.70 bits per heavy atom. The molecule has 1 aromatic carbocycles. The number of thioether (sulfide) groups is 1. The number of hydrogen-bond acceptors (Lipinski definition) is 6. The maximum absolute atomic E-state index is 13.5. The van der Waals surface area contributed by atoms with E-state index in [-0.39, 0.29) is 22.1 Å². The van der Waals surface area contributed by atoms with Gasteiger partial charge in [0.2, 0.25) is 5.78 Å². The first-order valence-electron chi connectivity index (χ1n) is 10.1. The summed E-state index contributed by atoms with van der Waals surface area (Å²) >= 11 is 1.06. The standard InChI is InChI=1S/C19H20F3N5O2S/c1-12-13(4-3-5-14(12)19(20,21)22)11-26-17-23-15(25-6-8-29-9-7-25)10-16(28)27(17)24-18(26)30-2/h3-5,10H,6-9,11H2,1-2H3/i11D2. The highest BCUT2D eigenvalue weighted by molar-refractivity contribution is 7.98. The lowest BCUT2D eigenvalue weighted by Crippen LogP contribution is -2.37. The number of aromatic nitrogens is 4. The highest BCUT2D eigenvalue weighted by atomic mass is 32.2. The molecule has 0 bridgehead atoms. The van der Waals surface area contributed by atoms with E-state index in [9.17, 15) is 18.0 Å². The first-order valence-corrected chi connectivity index (χ1v) is 10.4. The molecule has 160 valence electrons. The van der Waals surface area contributed by atoms with Crippen LogP contribution >= 0.6 is 11.8 Å². The van der Waals surface area contributed by atoms with E-state index in [2.05, 4.69) is 10.1 Å². The number of hydrogen-bond donors (Lipinski definition) is 0. The van der Waals surface area contributed by atoms with E-state index in [0.717, 1.165) is 26.9 Å². The van der Waals surface area contributed by atoms with E-state index in [1.807, 2.05) is 4.90 Å². The molecule has 1 aliphatic heterocycles. The molecule has 1 fully saturated rings. The summed E-state index contributed by atoms with van der Waals surface area (Å²) in [5.74, 6) is 0.244. The van der Waals surface area contributed by atoms with Gasteiger partial charge in [0.15, 0.2) is 5.16 Å². The van der Waals surface area contributed by atoms with Crippen LogP contribution in [0, 0.1) is 6.92 Å². The third kappa shape index (κ3) is 3.79. The fourth-order valence-electron chi connectivity index (χ4n) is 3.28. The predicted octanol–water partition coefficient (Wildman–Crippen LogP) is 2.83. The molecule has 1 saturated heterocycles. The second-order valence-corrected chi connectivity index (χ2v) is 7.45. The number of alkyl halides is 3. The smallest absolute Gasteiger partial charge is 0.378 e. The summed E-state index contributed by atoms with van der Waals surface area (Å²) in [5, 5.41) is 4.28. The average Bonchev–Trinajstić information content (AvgIpc) is 3.13. The van der Waals surface area contributed by atoms with Crippen LogP contribution < -0.4 is 10.5 Å². The van der Waals surface area contributed by atoms with Crippen molar-refractivity contribution >= 4 is 23.4 Å². The van der Waals surface area contributed by atoms with E-state index in [4.69, 9.17) is 7.48 Å². The Labute approximate surface area is 177 Å². The third-order valence-electron chi connectivity index (χ3n) is 4.83. The Balaban J connectivity index is 1.95. The van der Waals surface area contributed by atoms with Crippen molar-refractivity contribution in [3.8, 4) is 0 Å². The number of anilines is 1. The number of ether oxygens (including phenoxy) is 1. The molecule has 3 heterocycles. The van der Waals surface area contributed by atoms with Crippen LogP contribution in [-0.2, 0) is 17.4 Å². The lowest BCUT2D eigenvalue weighted by Gasteiger charge is -2.27. The number of fused-ring (bicyclic) bond motifs is 1. The van der Waals surface area contributed by atoms with Gasteiger partial charge >= 0.3 is 6.18 Å². The molecule has 4 rings (SSSR count). The molecule has 0 atom stereocenters. The summed E-state index contributed by atoms with van der Waals surface area (Å²) in [6.07, 6.45) is -2.99. The monoisotopic (exact) mass is 441 g/mol. The fourth-order valence-corrected chi connectivity index (χ4v) is 3.75. The zero-order valence-electron chi connectivity index (χ0n) is 18.2. The van der Waals surface area contributed by atoms with Gasteiger partial charge in [0, 0.05) is 19.2 Å². The highest BCUT2D eigenvalue weighted by Gasteiger charge is 2.33. The molecule has 0 aliphatic carbocycles. The van der Waals surface area contributed by atoms with Gasteiger partial charge in [-0.15, -0.1) is 5.10 Å². The summed E-state index contributed by atoms with van der Waals surface area (Å²) in [6.45, 7) is 0.694. The fraction of sp³-hybridized carbons (Fsp3) is 0.421. The van der Waals surface area contributed by atoms with E-state index in [0.29, 0.717) is 32.1 Å². The Morgan fingerprint density at radius 1 is 1.30 bits per heavy atom. The van der Waals surface area contributed by atoms with Crippen LogP contribution in [-0.4, -0.2) is 51.7 Å². The maximum Gasteiger partial charge on any atom is 0.416 e. The van der Waals surface area contributed by atoms with E-state index < -0.39 is 23.8 Å².